The smallest absolute Gasteiger partial charge is 0.181 e. The van der Waals surface area contributed by atoms with Gasteiger partial charge in [-0.1, -0.05) is 0 Å². The Labute approximate surface area is 86.8 Å². The van der Waals surface area contributed by atoms with Crippen LogP contribution in [0.25, 0.3) is 0 Å². The van der Waals surface area contributed by atoms with Gasteiger partial charge in [-0.15, -0.1) is 0 Å². The second-order valence-electron chi connectivity index (χ2n) is 3.20. The highest BCUT2D eigenvalue weighted by Crippen LogP contribution is 2.20. The van der Waals surface area contributed by atoms with Crippen molar-refractivity contribution < 1.29 is 17.2 Å². The van der Waals surface area contributed by atoms with E-state index < -0.39 is 26.4 Å². The van der Waals surface area contributed by atoms with Crippen LogP contribution in [-0.4, -0.2) is 21.2 Å². The van der Waals surface area contributed by atoms with E-state index in [1.165, 1.54) is 0 Å². The Morgan fingerprint density at radius 2 is 1.73 bits per heavy atom. The van der Waals surface area contributed by atoms with Crippen molar-refractivity contribution in [3.8, 4) is 0 Å². The maximum absolute atomic E-state index is 13.3. The molecular weight excluding hydrogens is 224 g/mol. The van der Waals surface area contributed by atoms with Crippen molar-refractivity contribution in [3.63, 3.8) is 0 Å². The fourth-order valence-corrected chi connectivity index (χ4v) is 2.10. The maximum atomic E-state index is 13.3. The molecule has 1 aromatic carbocycles. The molecule has 6 heteroatoms. The lowest BCUT2D eigenvalue weighted by Crippen LogP contribution is -2.08. The minimum Gasteiger partial charge on any atom is -0.330 e. The molecule has 0 bridgehead atoms. The van der Waals surface area contributed by atoms with Crippen molar-refractivity contribution in [3.05, 3.63) is 29.3 Å². The second kappa shape index (κ2) is 4.24. The first-order valence-electron chi connectivity index (χ1n) is 4.24. The van der Waals surface area contributed by atoms with Gasteiger partial charge in [0.1, 0.15) is 16.5 Å². The quantitative estimate of drug-likeness (QED) is 0.845. The van der Waals surface area contributed by atoms with Crippen LogP contribution in [0.15, 0.2) is 17.0 Å². The molecule has 0 unspecified atom stereocenters. The summed E-state index contributed by atoms with van der Waals surface area (Å²) in [6.45, 7) is 0.247. The van der Waals surface area contributed by atoms with Gasteiger partial charge in [-0.2, -0.15) is 0 Å². The molecule has 1 aromatic rings. The molecule has 0 aliphatic carbocycles. The summed E-state index contributed by atoms with van der Waals surface area (Å²) in [7, 11) is -3.88. The minimum atomic E-state index is -3.88. The van der Waals surface area contributed by atoms with E-state index in [1.807, 2.05) is 0 Å². The summed E-state index contributed by atoms with van der Waals surface area (Å²) in [6, 6.07) is 1.98. The minimum absolute atomic E-state index is 0.247. The zero-order valence-electron chi connectivity index (χ0n) is 8.13. The van der Waals surface area contributed by atoms with E-state index in [-0.39, 0.29) is 6.54 Å². The van der Waals surface area contributed by atoms with E-state index in [1.54, 1.807) is 0 Å². The third-order valence-corrected chi connectivity index (χ3v) is 2.99. The predicted octanol–water partition coefficient (Wildman–Crippen LogP) is 0.870. The average molecular weight is 235 g/mol. The van der Waals surface area contributed by atoms with Gasteiger partial charge in [-0.25, -0.2) is 17.2 Å². The largest absolute Gasteiger partial charge is 0.330 e. The van der Waals surface area contributed by atoms with E-state index in [2.05, 4.69) is 0 Å². The van der Waals surface area contributed by atoms with Gasteiger partial charge in [-0.05, 0) is 30.7 Å². The van der Waals surface area contributed by atoms with Crippen LogP contribution in [0, 0.1) is 11.6 Å². The van der Waals surface area contributed by atoms with Crippen LogP contribution < -0.4 is 5.73 Å². The van der Waals surface area contributed by atoms with Crippen molar-refractivity contribution in [1.29, 1.82) is 0 Å². The summed E-state index contributed by atoms with van der Waals surface area (Å²) in [5.41, 5.74) is 5.57. The van der Waals surface area contributed by atoms with E-state index in [0.717, 1.165) is 18.4 Å². The third-order valence-electron chi connectivity index (χ3n) is 1.86. The van der Waals surface area contributed by atoms with Crippen LogP contribution in [0.5, 0.6) is 0 Å². The number of halogens is 2. The normalized spacial score (nSPS) is 11.7. The van der Waals surface area contributed by atoms with Crippen LogP contribution in [0.4, 0.5) is 8.78 Å². The topological polar surface area (TPSA) is 60.2 Å². The van der Waals surface area contributed by atoms with Gasteiger partial charge in [0.05, 0.1) is 0 Å². The molecule has 0 aliphatic rings. The SMILES string of the molecule is CS(=O)(=O)c1c(F)cc(CCN)cc1F. The summed E-state index contributed by atoms with van der Waals surface area (Å²) in [6.07, 6.45) is 1.06. The van der Waals surface area contributed by atoms with Crippen LogP contribution in [0.2, 0.25) is 0 Å². The van der Waals surface area contributed by atoms with E-state index in [0.29, 0.717) is 12.0 Å². The van der Waals surface area contributed by atoms with Crippen LogP contribution in [0.3, 0.4) is 0 Å². The van der Waals surface area contributed by atoms with Gasteiger partial charge in [0.2, 0.25) is 0 Å². The molecule has 15 heavy (non-hydrogen) atoms. The Bertz CT molecular complexity index is 448. The number of hydrogen-bond acceptors (Lipinski definition) is 3. The van der Waals surface area contributed by atoms with Gasteiger partial charge in [0.15, 0.2) is 9.84 Å². The Kier molecular flexibility index (Phi) is 3.41. The van der Waals surface area contributed by atoms with Gasteiger partial charge in [0.25, 0.3) is 0 Å². The first-order chi connectivity index (χ1) is 6.86. The zero-order valence-corrected chi connectivity index (χ0v) is 8.94. The summed E-state index contributed by atoms with van der Waals surface area (Å²) in [4.78, 5) is -0.886. The summed E-state index contributed by atoms with van der Waals surface area (Å²) < 4.78 is 48.6. The molecular formula is C9H11F2NO2S. The number of sulfone groups is 1. The fourth-order valence-electron chi connectivity index (χ4n) is 1.28. The van der Waals surface area contributed by atoms with Gasteiger partial charge < -0.3 is 5.73 Å². The van der Waals surface area contributed by atoms with Crippen molar-refractivity contribution >= 4 is 9.84 Å². The molecule has 0 heterocycles. The molecule has 0 fully saturated rings. The van der Waals surface area contributed by atoms with E-state index in [4.69, 9.17) is 5.73 Å². The highest BCUT2D eigenvalue weighted by Gasteiger charge is 2.20. The molecule has 1 rings (SSSR count). The number of rotatable bonds is 3. The second-order valence-corrected chi connectivity index (χ2v) is 5.15. The standard InChI is InChI=1S/C9H11F2NO2S/c1-15(13,14)9-7(10)4-6(2-3-12)5-8(9)11/h4-5H,2-3,12H2,1H3. The Hall–Kier alpha value is -1.01. The molecule has 0 aliphatic heterocycles. The lowest BCUT2D eigenvalue weighted by atomic mass is 10.1. The molecule has 0 aromatic heterocycles. The third kappa shape index (κ3) is 2.73. The van der Waals surface area contributed by atoms with Crippen LogP contribution in [0.1, 0.15) is 5.56 Å². The number of nitrogens with two attached hydrogens (primary N) is 1. The first-order valence-corrected chi connectivity index (χ1v) is 6.13. The van der Waals surface area contributed by atoms with Gasteiger partial charge >= 0.3 is 0 Å². The predicted molar refractivity (Wildman–Crippen MR) is 52.2 cm³/mol. The Morgan fingerprint density at radius 3 is 2.07 bits per heavy atom. The van der Waals surface area contributed by atoms with E-state index >= 15 is 0 Å². The van der Waals surface area contributed by atoms with Crippen molar-refractivity contribution in [1.82, 2.24) is 0 Å². The zero-order chi connectivity index (χ0) is 11.6. The number of hydrogen-bond donors (Lipinski definition) is 1. The average Bonchev–Trinajstić information content (AvgIpc) is 1.99. The monoisotopic (exact) mass is 235 g/mol. The molecule has 0 spiro atoms. The molecule has 0 saturated heterocycles. The Morgan fingerprint density at radius 1 is 1.27 bits per heavy atom. The summed E-state index contributed by atoms with van der Waals surface area (Å²) >= 11 is 0. The fraction of sp³-hybridized carbons (Fsp3) is 0.333. The number of benzene rings is 1. The Balaban J connectivity index is 3.34. The van der Waals surface area contributed by atoms with E-state index in [9.17, 15) is 17.2 Å². The van der Waals surface area contributed by atoms with Crippen LogP contribution in [-0.2, 0) is 16.3 Å². The summed E-state index contributed by atoms with van der Waals surface area (Å²) in [5.74, 6) is -2.14. The van der Waals surface area contributed by atoms with Crippen LogP contribution >= 0.6 is 0 Å². The molecule has 0 radical (unpaired) electrons. The lowest BCUT2D eigenvalue weighted by molar-refractivity contribution is 0.518. The molecule has 3 nitrogen and oxygen atoms in total. The molecule has 0 atom stereocenters. The molecule has 0 saturated carbocycles. The molecule has 0 amide bonds. The van der Waals surface area contributed by atoms with Crippen molar-refractivity contribution in [2.75, 3.05) is 12.8 Å². The molecule has 2 N–H and O–H groups in total. The first kappa shape index (κ1) is 12.1. The summed E-state index contributed by atoms with van der Waals surface area (Å²) in [5, 5.41) is 0. The van der Waals surface area contributed by atoms with Gasteiger partial charge in [0, 0.05) is 6.26 Å². The maximum Gasteiger partial charge on any atom is 0.181 e. The van der Waals surface area contributed by atoms with Crippen molar-refractivity contribution in [2.45, 2.75) is 11.3 Å². The highest BCUT2D eigenvalue weighted by molar-refractivity contribution is 7.90. The molecule has 84 valence electrons. The lowest BCUT2D eigenvalue weighted by Gasteiger charge is -2.05. The highest BCUT2D eigenvalue weighted by atomic mass is 32.2. The van der Waals surface area contributed by atoms with Crippen molar-refractivity contribution in [2.24, 2.45) is 5.73 Å². The van der Waals surface area contributed by atoms with Gasteiger partial charge in [-0.3, -0.25) is 0 Å².